The Morgan fingerprint density at radius 3 is 2.35 bits per heavy atom. The lowest BCUT2D eigenvalue weighted by atomic mass is 10.0. The summed E-state index contributed by atoms with van der Waals surface area (Å²) in [6.45, 7) is 10.3. The fourth-order valence-electron chi connectivity index (χ4n) is 5.07. The average Bonchev–Trinajstić information content (AvgIpc) is 3.18. The third-order valence-corrected chi connectivity index (χ3v) is 6.67. The topological polar surface area (TPSA) is 50.2 Å². The molecule has 2 aromatic carbocycles. The van der Waals surface area contributed by atoms with Gasteiger partial charge < -0.3 is 4.90 Å². The largest absolute Gasteiger partial charge is 0.365 e. The standard InChI is InChI=1S/C26H27N5/c1-4-20-19(3)21(17-27)25-28-22-10-6-8-12-24(22)31(25)26(20)30-15-13-29(14-16-30)23-11-7-5-9-18(23)2/h5-12H,4,13-16H2,1-3H3/p+1. The molecule has 1 N–H and O–H groups in total. The molecule has 1 saturated heterocycles. The second-order valence-electron chi connectivity index (χ2n) is 8.35. The molecule has 3 heterocycles. The summed E-state index contributed by atoms with van der Waals surface area (Å²) < 4.78 is 2.28. The number of pyridine rings is 1. The Kier molecular flexibility index (Phi) is 4.78. The summed E-state index contributed by atoms with van der Waals surface area (Å²) in [6.07, 6.45) is 0.899. The second-order valence-corrected chi connectivity index (χ2v) is 8.35. The number of imidazole rings is 1. The zero-order chi connectivity index (χ0) is 21.5. The van der Waals surface area contributed by atoms with Crippen LogP contribution in [0.2, 0.25) is 0 Å². The molecule has 5 rings (SSSR count). The number of aromatic nitrogens is 2. The van der Waals surface area contributed by atoms with Crippen LogP contribution < -0.4 is 14.2 Å². The third-order valence-electron chi connectivity index (χ3n) is 6.67. The van der Waals surface area contributed by atoms with Crippen molar-refractivity contribution in [2.45, 2.75) is 27.2 Å². The minimum absolute atomic E-state index is 0.746. The number of fused-ring (bicyclic) bond motifs is 3. The lowest BCUT2D eigenvalue weighted by molar-refractivity contribution is -0.468. The minimum atomic E-state index is 0.746. The Bertz CT molecular complexity index is 1320. The first-order valence-corrected chi connectivity index (χ1v) is 11.1. The van der Waals surface area contributed by atoms with Crippen molar-refractivity contribution in [2.24, 2.45) is 0 Å². The molecule has 31 heavy (non-hydrogen) atoms. The van der Waals surface area contributed by atoms with Crippen molar-refractivity contribution in [3.63, 3.8) is 0 Å². The summed E-state index contributed by atoms with van der Waals surface area (Å²) >= 11 is 0. The maximum atomic E-state index is 9.95. The van der Waals surface area contributed by atoms with Gasteiger partial charge in [0.1, 0.15) is 22.7 Å². The number of para-hydroxylation sites is 3. The van der Waals surface area contributed by atoms with E-state index < -0.39 is 0 Å². The van der Waals surface area contributed by atoms with Gasteiger partial charge in [-0.2, -0.15) is 9.66 Å². The van der Waals surface area contributed by atoms with Gasteiger partial charge in [0.2, 0.25) is 11.5 Å². The molecule has 1 aliphatic heterocycles. The molecule has 0 amide bonds. The van der Waals surface area contributed by atoms with E-state index in [1.807, 2.05) is 6.07 Å². The fourth-order valence-corrected chi connectivity index (χ4v) is 5.07. The van der Waals surface area contributed by atoms with Gasteiger partial charge in [-0.05, 0) is 49.6 Å². The first kappa shape index (κ1) is 19.4. The predicted octanol–water partition coefficient (Wildman–Crippen LogP) is 4.28. The summed E-state index contributed by atoms with van der Waals surface area (Å²) in [7, 11) is 0. The molecule has 0 saturated carbocycles. The highest BCUT2D eigenvalue weighted by Crippen LogP contribution is 2.30. The summed E-state index contributed by atoms with van der Waals surface area (Å²) in [6, 6.07) is 19.4. The SMILES string of the molecule is CCc1c(C)c(C#N)c2[nH]c3ccccc3[n+]2c1N1CCN(c2ccccc2C)CC1. The smallest absolute Gasteiger partial charge is 0.250 e. The number of rotatable bonds is 3. The van der Waals surface area contributed by atoms with Crippen LogP contribution in [0.3, 0.4) is 0 Å². The molecule has 156 valence electrons. The van der Waals surface area contributed by atoms with Crippen LogP contribution in [0.25, 0.3) is 16.7 Å². The fraction of sp³-hybridized carbons (Fsp3) is 0.308. The van der Waals surface area contributed by atoms with Gasteiger partial charge in [-0.3, -0.25) is 9.88 Å². The molecule has 0 aliphatic carbocycles. The Morgan fingerprint density at radius 1 is 0.968 bits per heavy atom. The van der Waals surface area contributed by atoms with E-state index in [0.717, 1.165) is 60.4 Å². The number of aryl methyl sites for hydroxylation is 1. The van der Waals surface area contributed by atoms with Crippen LogP contribution in [0.1, 0.15) is 29.2 Å². The van der Waals surface area contributed by atoms with Gasteiger partial charge in [0.05, 0.1) is 13.1 Å². The molecular formula is C26H28N5+. The molecule has 5 heteroatoms. The maximum absolute atomic E-state index is 9.95. The van der Waals surface area contributed by atoms with Crippen molar-refractivity contribution in [2.75, 3.05) is 36.0 Å². The van der Waals surface area contributed by atoms with Crippen LogP contribution in [0, 0.1) is 25.2 Å². The van der Waals surface area contributed by atoms with Crippen molar-refractivity contribution in [1.82, 2.24) is 4.98 Å². The lowest BCUT2D eigenvalue weighted by Gasteiger charge is -2.35. The highest BCUT2D eigenvalue weighted by Gasteiger charge is 2.31. The number of nitriles is 1. The van der Waals surface area contributed by atoms with Gasteiger partial charge in [0.25, 0.3) is 0 Å². The number of nitrogens with zero attached hydrogens (tertiary/aromatic N) is 4. The predicted molar refractivity (Wildman–Crippen MR) is 126 cm³/mol. The van der Waals surface area contributed by atoms with E-state index in [0.29, 0.717) is 0 Å². The monoisotopic (exact) mass is 410 g/mol. The first-order chi connectivity index (χ1) is 15.1. The second kappa shape index (κ2) is 7.63. The molecule has 2 aromatic heterocycles. The van der Waals surface area contributed by atoms with E-state index in [-0.39, 0.29) is 0 Å². The maximum Gasteiger partial charge on any atom is 0.250 e. The number of H-pyrrole nitrogens is 1. The first-order valence-electron chi connectivity index (χ1n) is 11.1. The van der Waals surface area contributed by atoms with Crippen molar-refractivity contribution in [3.05, 3.63) is 70.8 Å². The number of benzene rings is 2. The highest BCUT2D eigenvalue weighted by molar-refractivity contribution is 5.78. The molecule has 1 aliphatic rings. The molecule has 1 fully saturated rings. The minimum Gasteiger partial charge on any atom is -0.365 e. The van der Waals surface area contributed by atoms with E-state index in [2.05, 4.69) is 88.5 Å². The Balaban J connectivity index is 1.63. The van der Waals surface area contributed by atoms with Crippen LogP contribution in [0.4, 0.5) is 11.5 Å². The van der Waals surface area contributed by atoms with Gasteiger partial charge in [0, 0.05) is 24.3 Å². The van der Waals surface area contributed by atoms with Crippen LogP contribution in [-0.2, 0) is 6.42 Å². The van der Waals surface area contributed by atoms with Crippen LogP contribution in [0.15, 0.2) is 48.5 Å². The molecule has 0 radical (unpaired) electrons. The zero-order valence-corrected chi connectivity index (χ0v) is 18.4. The molecule has 0 bridgehead atoms. The summed E-state index contributed by atoms with van der Waals surface area (Å²) in [5.41, 5.74) is 8.85. The van der Waals surface area contributed by atoms with Crippen molar-refractivity contribution in [1.29, 1.82) is 5.26 Å². The molecule has 4 aromatic rings. The molecule has 5 nitrogen and oxygen atoms in total. The highest BCUT2D eigenvalue weighted by atomic mass is 15.3. The van der Waals surface area contributed by atoms with Gasteiger partial charge in [-0.25, -0.2) is 0 Å². The zero-order valence-electron chi connectivity index (χ0n) is 18.4. The van der Waals surface area contributed by atoms with Crippen molar-refractivity contribution < 1.29 is 4.40 Å². The van der Waals surface area contributed by atoms with Gasteiger partial charge in [-0.15, -0.1) is 0 Å². The van der Waals surface area contributed by atoms with E-state index in [1.165, 1.54) is 22.6 Å². The number of hydrogen-bond acceptors (Lipinski definition) is 3. The lowest BCUT2D eigenvalue weighted by Crippen LogP contribution is -2.50. The van der Waals surface area contributed by atoms with E-state index >= 15 is 0 Å². The third kappa shape index (κ3) is 3.02. The summed E-state index contributed by atoms with van der Waals surface area (Å²) in [5, 5.41) is 9.95. The Hall–Kier alpha value is -3.52. The van der Waals surface area contributed by atoms with Crippen molar-refractivity contribution in [3.8, 4) is 6.07 Å². The number of anilines is 2. The van der Waals surface area contributed by atoms with Crippen LogP contribution >= 0.6 is 0 Å². The Morgan fingerprint density at radius 2 is 1.65 bits per heavy atom. The van der Waals surface area contributed by atoms with Gasteiger partial charge in [-0.1, -0.05) is 37.3 Å². The van der Waals surface area contributed by atoms with E-state index in [9.17, 15) is 5.26 Å². The summed E-state index contributed by atoms with van der Waals surface area (Å²) in [5.74, 6) is 1.23. The van der Waals surface area contributed by atoms with Crippen LogP contribution in [0.5, 0.6) is 0 Å². The Labute approximate surface area is 183 Å². The van der Waals surface area contributed by atoms with Crippen molar-refractivity contribution >= 4 is 28.2 Å². The van der Waals surface area contributed by atoms with E-state index in [4.69, 9.17) is 0 Å². The van der Waals surface area contributed by atoms with Gasteiger partial charge >= 0.3 is 0 Å². The quantitative estimate of drug-likeness (QED) is 0.513. The van der Waals surface area contributed by atoms with Gasteiger partial charge in [0.15, 0.2) is 0 Å². The number of hydrogen-bond donors (Lipinski definition) is 1. The number of nitrogens with one attached hydrogen (secondary N) is 1. The normalized spacial score (nSPS) is 14.4. The molecular weight excluding hydrogens is 382 g/mol. The van der Waals surface area contributed by atoms with Crippen LogP contribution in [-0.4, -0.2) is 31.2 Å². The molecule has 0 spiro atoms. The summed E-state index contributed by atoms with van der Waals surface area (Å²) in [4.78, 5) is 8.51. The number of piperazine rings is 1. The molecule has 0 unspecified atom stereocenters. The van der Waals surface area contributed by atoms with E-state index in [1.54, 1.807) is 0 Å². The number of aromatic amines is 1. The average molecular weight is 411 g/mol. The molecule has 0 atom stereocenters.